The molecule has 400 valence electrons. The quantitative estimate of drug-likeness (QED) is 0.0511. The number of halogens is 11. The zero-order valence-electron chi connectivity index (χ0n) is 38.9. The number of esters is 1. The van der Waals surface area contributed by atoms with Crippen molar-refractivity contribution < 1.29 is 56.3 Å². The van der Waals surface area contributed by atoms with Crippen LogP contribution in [0.5, 0.6) is 11.8 Å². The fourth-order valence-corrected chi connectivity index (χ4v) is 8.19. The first-order valence-electron chi connectivity index (χ1n) is 20.9. The Morgan fingerprint density at radius 1 is 0.653 bits per heavy atom. The zero-order valence-corrected chi connectivity index (χ0v) is 51.7. The van der Waals surface area contributed by atoms with E-state index < -0.39 is 23.6 Å². The van der Waals surface area contributed by atoms with Crippen LogP contribution in [0.1, 0.15) is 57.2 Å². The van der Waals surface area contributed by atoms with Crippen LogP contribution in [0.25, 0.3) is 0 Å². The SMILES string of the molecule is CC1CCCO1.COC(=O)c1ccc(F)cc1COc1nc(Br)cnc1N.Nc1ncc(Br)nc1Br.Nc1ncc(Br)nc1OCc1cc(F)ccc1I.O=C(O)c1cc(F)ccc1I.OCc1cc(F)ccc1I. The van der Waals surface area contributed by atoms with Crippen molar-refractivity contribution in [3.8, 4) is 11.8 Å². The van der Waals surface area contributed by atoms with Crippen molar-refractivity contribution >= 4 is 161 Å². The lowest BCUT2D eigenvalue weighted by Gasteiger charge is -2.10. The normalized spacial score (nSPS) is 12.0. The van der Waals surface area contributed by atoms with E-state index in [1.54, 1.807) is 18.3 Å². The Morgan fingerprint density at radius 2 is 1.09 bits per heavy atom. The highest BCUT2D eigenvalue weighted by molar-refractivity contribution is 14.1. The number of nitrogens with zero attached hydrogens (tertiary/aromatic N) is 6. The minimum absolute atomic E-state index is 0.00519. The minimum atomic E-state index is -1.10. The molecule has 7 aromatic rings. The van der Waals surface area contributed by atoms with E-state index in [4.69, 9.17) is 41.6 Å². The van der Waals surface area contributed by atoms with E-state index in [-0.39, 0.29) is 66.0 Å². The summed E-state index contributed by atoms with van der Waals surface area (Å²) in [6.07, 6.45) is 7.52. The largest absolute Gasteiger partial charge is 0.478 e. The van der Waals surface area contributed by atoms with Crippen LogP contribution >= 0.6 is 131 Å². The summed E-state index contributed by atoms with van der Waals surface area (Å²) in [6, 6.07) is 16.2. The van der Waals surface area contributed by atoms with Gasteiger partial charge in [-0.3, -0.25) is 0 Å². The average Bonchev–Trinajstić information content (AvgIpc) is 3.87. The first kappa shape index (κ1) is 65.1. The first-order chi connectivity index (χ1) is 35.5. The molecule has 4 aromatic carbocycles. The number of benzene rings is 4. The second kappa shape index (κ2) is 33.9. The number of nitrogens with two attached hydrogens (primary N) is 3. The molecule has 17 nitrogen and oxygen atoms in total. The fourth-order valence-electron chi connectivity index (χ4n) is 5.29. The number of anilines is 3. The van der Waals surface area contributed by atoms with Crippen LogP contribution in [0.4, 0.5) is 35.0 Å². The molecular weight excluding hydrogens is 1590 g/mol. The number of carbonyl (C=O) groups excluding carboxylic acids is 1. The van der Waals surface area contributed by atoms with Crippen LogP contribution in [0.15, 0.2) is 110 Å². The molecule has 75 heavy (non-hydrogen) atoms. The zero-order chi connectivity index (χ0) is 55.8. The number of ether oxygens (including phenoxy) is 4. The van der Waals surface area contributed by atoms with E-state index in [0.717, 1.165) is 25.4 Å². The Bertz CT molecular complexity index is 2970. The van der Waals surface area contributed by atoms with Gasteiger partial charge >= 0.3 is 11.9 Å². The van der Waals surface area contributed by atoms with Crippen LogP contribution in [-0.2, 0) is 29.3 Å². The summed E-state index contributed by atoms with van der Waals surface area (Å²) in [5.41, 5.74) is 18.5. The maximum atomic E-state index is 13.3. The van der Waals surface area contributed by atoms with Crippen LogP contribution in [-0.4, -0.2) is 71.9 Å². The lowest BCUT2D eigenvalue weighted by Crippen LogP contribution is -2.10. The fraction of sp³-hybridized carbons (Fsp3) is 0.191. The van der Waals surface area contributed by atoms with Crippen molar-refractivity contribution in [2.75, 3.05) is 30.9 Å². The second-order valence-corrected chi connectivity index (χ2v) is 21.1. The van der Waals surface area contributed by atoms with Gasteiger partial charge in [-0.2, -0.15) is 0 Å². The van der Waals surface area contributed by atoms with E-state index in [2.05, 4.69) is 150 Å². The Hall–Kier alpha value is -4.19. The predicted molar refractivity (Wildman–Crippen MR) is 311 cm³/mol. The molecule has 0 spiro atoms. The van der Waals surface area contributed by atoms with Crippen LogP contribution in [0.2, 0.25) is 0 Å². The van der Waals surface area contributed by atoms with Crippen LogP contribution in [0.3, 0.4) is 0 Å². The molecule has 1 fully saturated rings. The molecular formula is C47H42Br4F4I3N9O8. The highest BCUT2D eigenvalue weighted by Crippen LogP contribution is 2.24. The average molecular weight is 1640 g/mol. The molecule has 28 heteroatoms. The van der Waals surface area contributed by atoms with Gasteiger partial charge < -0.3 is 46.4 Å². The number of methoxy groups -OCH3 is 1. The third-order valence-electron chi connectivity index (χ3n) is 8.91. The summed E-state index contributed by atoms with van der Waals surface area (Å²) in [6.45, 7) is 3.09. The maximum absolute atomic E-state index is 13.3. The van der Waals surface area contributed by atoms with Gasteiger partial charge in [0.25, 0.3) is 11.8 Å². The van der Waals surface area contributed by atoms with Crippen LogP contribution in [0, 0.1) is 34.0 Å². The molecule has 1 aliphatic rings. The number of nitrogen functional groups attached to an aromatic ring is 3. The minimum Gasteiger partial charge on any atom is -0.478 e. The van der Waals surface area contributed by atoms with Crippen molar-refractivity contribution in [3.05, 3.63) is 172 Å². The predicted octanol–water partition coefficient (Wildman–Crippen LogP) is 12.3. The summed E-state index contributed by atoms with van der Waals surface area (Å²) in [5.74, 6) is -2.30. The number of aromatic nitrogens is 6. The molecule has 0 radical (unpaired) electrons. The number of rotatable bonds is 9. The van der Waals surface area contributed by atoms with Gasteiger partial charge in [0.15, 0.2) is 17.5 Å². The monoisotopic (exact) mass is 1630 g/mol. The number of carbonyl (C=O) groups is 2. The molecule has 8 rings (SSSR count). The molecule has 1 aliphatic heterocycles. The van der Waals surface area contributed by atoms with E-state index in [9.17, 15) is 27.2 Å². The van der Waals surface area contributed by atoms with Gasteiger partial charge in [-0.1, -0.05) is 0 Å². The molecule has 4 heterocycles. The molecule has 1 saturated heterocycles. The lowest BCUT2D eigenvalue weighted by atomic mass is 10.1. The summed E-state index contributed by atoms with van der Waals surface area (Å²) in [4.78, 5) is 45.5. The first-order valence-corrected chi connectivity index (χ1v) is 27.3. The lowest BCUT2D eigenvalue weighted by molar-refractivity contribution is 0.0596. The van der Waals surface area contributed by atoms with Gasteiger partial charge in [0.1, 0.15) is 54.9 Å². The molecule has 1 atom stereocenters. The molecule has 0 aliphatic carbocycles. The number of hydrogen-bond donors (Lipinski definition) is 5. The third-order valence-corrected chi connectivity index (χ3v) is 13.7. The summed E-state index contributed by atoms with van der Waals surface area (Å²) >= 11 is 18.6. The third kappa shape index (κ3) is 23.9. The Morgan fingerprint density at radius 3 is 1.51 bits per heavy atom. The smallest absolute Gasteiger partial charge is 0.338 e. The van der Waals surface area contributed by atoms with Gasteiger partial charge in [0.05, 0.1) is 49.5 Å². The van der Waals surface area contributed by atoms with Crippen molar-refractivity contribution in [2.24, 2.45) is 0 Å². The van der Waals surface area contributed by atoms with Crippen molar-refractivity contribution in [3.63, 3.8) is 0 Å². The van der Waals surface area contributed by atoms with Crippen LogP contribution < -0.4 is 26.7 Å². The van der Waals surface area contributed by atoms with E-state index >= 15 is 0 Å². The van der Waals surface area contributed by atoms with Crippen molar-refractivity contribution in [2.45, 2.75) is 45.7 Å². The molecule has 0 saturated carbocycles. The number of hydrogen-bond acceptors (Lipinski definition) is 16. The topological polar surface area (TPSA) is 267 Å². The number of aliphatic hydroxyl groups is 1. The van der Waals surface area contributed by atoms with Gasteiger partial charge in [-0.15, -0.1) is 0 Å². The van der Waals surface area contributed by atoms with Crippen molar-refractivity contribution in [1.29, 1.82) is 0 Å². The van der Waals surface area contributed by atoms with Gasteiger partial charge in [0.2, 0.25) is 0 Å². The summed E-state index contributed by atoms with van der Waals surface area (Å²) in [5, 5.41) is 17.2. The highest BCUT2D eigenvalue weighted by Gasteiger charge is 2.15. The molecule has 1 unspecified atom stereocenters. The van der Waals surface area contributed by atoms with Gasteiger partial charge in [-0.05, 0) is 230 Å². The molecule has 0 amide bonds. The van der Waals surface area contributed by atoms with Gasteiger partial charge in [0, 0.05) is 28.4 Å². The van der Waals surface area contributed by atoms with Crippen molar-refractivity contribution in [1.82, 2.24) is 29.9 Å². The number of aliphatic hydroxyl groups excluding tert-OH is 1. The summed E-state index contributed by atoms with van der Waals surface area (Å²) in [7, 11) is 1.24. The second-order valence-electron chi connectivity index (χ2n) is 14.4. The number of aromatic carboxylic acids is 1. The molecule has 0 bridgehead atoms. The van der Waals surface area contributed by atoms with E-state index in [1.165, 1.54) is 86.9 Å². The Labute approximate surface area is 501 Å². The summed E-state index contributed by atoms with van der Waals surface area (Å²) < 4.78 is 76.4. The maximum Gasteiger partial charge on any atom is 0.338 e. The number of carboxylic acids is 1. The number of carboxylic acid groups (broad SMARTS) is 1. The highest BCUT2D eigenvalue weighted by atomic mass is 127. The molecule has 3 aromatic heterocycles. The standard InChI is InChI=1S/C13H11BrFN3O3.C11H8BrFIN3O.C7H4FIO2.C7H6FIO.C5H10O.C4H3Br2N3/c1-20-13(19)9-3-2-8(15)4-7(9)6-21-12-11(16)17-5-10(14)18-12;12-9-4-16-10(15)11(17-9)18-5-6-3-7(13)1-2-8(6)14;8-4-1-2-6(9)5(3-4)7(10)11;8-6-1-2-7(9)5(3-6)4-10;1-5-3-2-4-6-5;5-2-1-8-4(7)3(6)9-2/h2-5H,6H2,1H3,(H2,16,17);1-4H,5H2,(H2,15,16);1-3H,(H,10,11);1-3,10H,4H2;5H,2-4H2,1H3;1H,(H2,7,8). The van der Waals surface area contributed by atoms with Gasteiger partial charge in [-0.25, -0.2) is 57.1 Å². The Kier molecular flexibility index (Phi) is 29.4. The Balaban J connectivity index is 0.000000248. The van der Waals surface area contributed by atoms with E-state index in [0.29, 0.717) is 45.0 Å². The van der Waals surface area contributed by atoms with E-state index in [1.807, 2.05) is 22.6 Å². The molecule has 8 N–H and O–H groups in total.